The Kier molecular flexibility index (Phi) is 4.04. The molecule has 0 aliphatic carbocycles. The second-order valence-electron chi connectivity index (χ2n) is 7.17. The normalized spacial score (nSPS) is 19.0. The van der Waals surface area contributed by atoms with Crippen LogP contribution in [0.4, 0.5) is 0 Å². The molecule has 4 heterocycles. The summed E-state index contributed by atoms with van der Waals surface area (Å²) in [4.78, 5) is 0.682. The van der Waals surface area contributed by atoms with Crippen LogP contribution in [0.1, 0.15) is 30.1 Å². The molecule has 8 nitrogen and oxygen atoms in total. The molecule has 1 fully saturated rings. The Labute approximate surface area is 165 Å². The van der Waals surface area contributed by atoms with Crippen molar-refractivity contribution in [3.63, 3.8) is 0 Å². The van der Waals surface area contributed by atoms with Crippen molar-refractivity contribution in [3.8, 4) is 10.8 Å². The average Bonchev–Trinajstić information content (AvgIpc) is 3.34. The van der Waals surface area contributed by atoms with E-state index in [9.17, 15) is 8.42 Å². The van der Waals surface area contributed by atoms with Crippen molar-refractivity contribution in [2.24, 2.45) is 0 Å². The Hall–Kier alpha value is -2.30. The highest BCUT2D eigenvalue weighted by atomic mass is 32.2. The van der Waals surface area contributed by atoms with Gasteiger partial charge in [0.25, 0.3) is 0 Å². The quantitative estimate of drug-likeness (QED) is 0.509. The number of sulfonamides is 1. The van der Waals surface area contributed by atoms with Crippen molar-refractivity contribution >= 4 is 37.3 Å². The number of nitrogens with zero attached hydrogens (tertiary/aromatic N) is 5. The highest BCUT2D eigenvalue weighted by molar-refractivity contribution is 7.88. The summed E-state index contributed by atoms with van der Waals surface area (Å²) < 4.78 is 33.1. The summed E-state index contributed by atoms with van der Waals surface area (Å²) in [7, 11) is -3.22. The van der Waals surface area contributed by atoms with Gasteiger partial charge in [0.15, 0.2) is 16.6 Å². The van der Waals surface area contributed by atoms with Gasteiger partial charge in [-0.05, 0) is 25.8 Å². The van der Waals surface area contributed by atoms with Gasteiger partial charge in [0.1, 0.15) is 5.58 Å². The first kappa shape index (κ1) is 17.8. The van der Waals surface area contributed by atoms with E-state index in [0.29, 0.717) is 23.9 Å². The van der Waals surface area contributed by atoms with Crippen molar-refractivity contribution in [1.29, 1.82) is 0 Å². The lowest BCUT2D eigenvalue weighted by Crippen LogP contribution is -2.38. The molecular weight excluding hydrogens is 398 g/mol. The van der Waals surface area contributed by atoms with Crippen molar-refractivity contribution in [1.82, 2.24) is 24.1 Å². The number of aromatic nitrogens is 4. The molecule has 0 N–H and O–H groups in total. The smallest absolute Gasteiger partial charge is 0.235 e. The molecule has 0 spiro atoms. The number of piperidine rings is 1. The summed E-state index contributed by atoms with van der Waals surface area (Å²) >= 11 is 1.42. The molecular formula is C18H19N5O3S2. The highest BCUT2D eigenvalue weighted by Crippen LogP contribution is 2.36. The second-order valence-corrected chi connectivity index (χ2v) is 10.1. The third-order valence-corrected chi connectivity index (χ3v) is 7.44. The van der Waals surface area contributed by atoms with Crippen molar-refractivity contribution in [2.75, 3.05) is 19.3 Å². The van der Waals surface area contributed by atoms with Crippen LogP contribution in [0.15, 0.2) is 28.7 Å². The first-order chi connectivity index (χ1) is 13.4. The van der Waals surface area contributed by atoms with Crippen LogP contribution < -0.4 is 0 Å². The summed E-state index contributed by atoms with van der Waals surface area (Å²) in [5.74, 6) is 1.42. The van der Waals surface area contributed by atoms with Gasteiger partial charge in [-0.15, -0.1) is 15.3 Å². The number of benzene rings is 1. The molecule has 4 aromatic rings. The molecule has 1 atom stereocenters. The maximum absolute atomic E-state index is 11.9. The van der Waals surface area contributed by atoms with Crippen molar-refractivity contribution < 1.29 is 12.8 Å². The van der Waals surface area contributed by atoms with E-state index in [1.54, 1.807) is 4.52 Å². The molecule has 28 heavy (non-hydrogen) atoms. The van der Waals surface area contributed by atoms with Gasteiger partial charge in [-0.2, -0.15) is 4.52 Å². The zero-order chi connectivity index (χ0) is 19.5. The van der Waals surface area contributed by atoms with E-state index in [4.69, 9.17) is 9.52 Å². The number of hydrogen-bond donors (Lipinski definition) is 0. The largest absolute Gasteiger partial charge is 0.453 e. The molecule has 1 aliphatic rings. The Bertz CT molecular complexity index is 1290. The van der Waals surface area contributed by atoms with Gasteiger partial charge in [0, 0.05) is 30.0 Å². The lowest BCUT2D eigenvalue weighted by atomic mass is 9.99. The van der Waals surface area contributed by atoms with Gasteiger partial charge in [-0.25, -0.2) is 12.7 Å². The van der Waals surface area contributed by atoms with Crippen molar-refractivity contribution in [3.05, 3.63) is 35.7 Å². The molecule has 0 bridgehead atoms. The van der Waals surface area contributed by atoms with Crippen LogP contribution in [0.3, 0.4) is 0 Å². The maximum atomic E-state index is 11.9. The molecule has 1 aliphatic heterocycles. The molecule has 3 aromatic heterocycles. The first-order valence-electron chi connectivity index (χ1n) is 9.07. The Morgan fingerprint density at radius 1 is 1.25 bits per heavy atom. The Morgan fingerprint density at radius 2 is 2.07 bits per heavy atom. The van der Waals surface area contributed by atoms with Gasteiger partial charge in [-0.3, -0.25) is 0 Å². The zero-order valence-corrected chi connectivity index (χ0v) is 17.1. The van der Waals surface area contributed by atoms with E-state index in [1.807, 2.05) is 31.2 Å². The predicted molar refractivity (Wildman–Crippen MR) is 107 cm³/mol. The van der Waals surface area contributed by atoms with E-state index >= 15 is 0 Å². The summed E-state index contributed by atoms with van der Waals surface area (Å²) in [6.45, 7) is 2.99. The van der Waals surface area contributed by atoms with Crippen LogP contribution in [0.2, 0.25) is 0 Å². The number of aryl methyl sites for hydroxylation is 1. The molecule has 1 unspecified atom stereocenters. The second kappa shape index (κ2) is 6.36. The fraction of sp³-hybridized carbons (Fsp3) is 0.389. The van der Waals surface area contributed by atoms with E-state index < -0.39 is 10.0 Å². The van der Waals surface area contributed by atoms with Gasteiger partial charge in [0.05, 0.1) is 6.26 Å². The zero-order valence-electron chi connectivity index (χ0n) is 15.5. The van der Waals surface area contributed by atoms with Crippen LogP contribution in [0.25, 0.3) is 26.7 Å². The van der Waals surface area contributed by atoms with E-state index in [-0.39, 0.29) is 5.92 Å². The third-order valence-electron chi connectivity index (χ3n) is 5.27. The van der Waals surface area contributed by atoms with E-state index in [2.05, 4.69) is 10.2 Å². The topological polar surface area (TPSA) is 93.6 Å². The monoisotopic (exact) mass is 417 g/mol. The van der Waals surface area contributed by atoms with Gasteiger partial charge >= 0.3 is 0 Å². The summed E-state index contributed by atoms with van der Waals surface area (Å²) in [5.41, 5.74) is 1.88. The first-order valence-corrected chi connectivity index (χ1v) is 11.7. The van der Waals surface area contributed by atoms with E-state index in [0.717, 1.165) is 40.1 Å². The van der Waals surface area contributed by atoms with Gasteiger partial charge < -0.3 is 4.42 Å². The van der Waals surface area contributed by atoms with Gasteiger partial charge in [0.2, 0.25) is 15.0 Å². The van der Waals surface area contributed by atoms with E-state index in [1.165, 1.54) is 21.9 Å². The molecule has 146 valence electrons. The number of para-hydroxylation sites is 1. The number of rotatable bonds is 3. The number of furan rings is 1. The third kappa shape index (κ3) is 2.83. The fourth-order valence-corrected chi connectivity index (χ4v) is 5.61. The summed E-state index contributed by atoms with van der Waals surface area (Å²) in [5, 5.41) is 15.1. The standard InChI is InChI=1S/C18H19N5O3S2/c1-11-13-7-3-4-8-14(13)26-15(11)17-21-23-16(19-20-18(23)27-17)12-6-5-9-22(10-12)28(2,24)25/h3-4,7-8,12H,5-6,9-10H2,1-2H3. The molecule has 1 saturated heterocycles. The van der Waals surface area contributed by atoms with Crippen LogP contribution in [0, 0.1) is 6.92 Å². The predicted octanol–water partition coefficient (Wildman–Crippen LogP) is 3.05. The maximum Gasteiger partial charge on any atom is 0.235 e. The summed E-state index contributed by atoms with van der Waals surface area (Å²) in [6, 6.07) is 7.91. The SMILES string of the molecule is Cc1c(-c2nn3c(C4CCCN(S(C)(=O)=O)C4)nnc3s2)oc2ccccc12. The van der Waals surface area contributed by atoms with Crippen LogP contribution in [-0.4, -0.2) is 51.9 Å². The van der Waals surface area contributed by atoms with Crippen LogP contribution in [0.5, 0.6) is 0 Å². The van der Waals surface area contributed by atoms with Crippen molar-refractivity contribution in [2.45, 2.75) is 25.7 Å². The Morgan fingerprint density at radius 3 is 2.86 bits per heavy atom. The highest BCUT2D eigenvalue weighted by Gasteiger charge is 2.31. The summed E-state index contributed by atoms with van der Waals surface area (Å²) in [6.07, 6.45) is 2.91. The van der Waals surface area contributed by atoms with Crippen LogP contribution in [-0.2, 0) is 10.0 Å². The van der Waals surface area contributed by atoms with Crippen LogP contribution >= 0.6 is 11.3 Å². The average molecular weight is 418 g/mol. The molecule has 0 radical (unpaired) electrons. The molecule has 10 heteroatoms. The minimum atomic E-state index is -3.22. The molecule has 1 aromatic carbocycles. The molecule has 0 saturated carbocycles. The molecule has 5 rings (SSSR count). The fourth-order valence-electron chi connectivity index (χ4n) is 3.81. The number of hydrogen-bond acceptors (Lipinski definition) is 7. The molecule has 0 amide bonds. The lowest BCUT2D eigenvalue weighted by Gasteiger charge is -2.29. The number of fused-ring (bicyclic) bond motifs is 2. The lowest BCUT2D eigenvalue weighted by molar-refractivity contribution is 0.309. The Balaban J connectivity index is 1.55. The van der Waals surface area contributed by atoms with Gasteiger partial charge in [-0.1, -0.05) is 29.5 Å². The minimum absolute atomic E-state index is 0.0230. The minimum Gasteiger partial charge on any atom is -0.453 e.